The maximum atomic E-state index is 12.3. The molecule has 0 aliphatic heterocycles. The van der Waals surface area contributed by atoms with Crippen LogP contribution in [0.1, 0.15) is 93.6 Å². The minimum Gasteiger partial charge on any atom is -0.550 e. The second kappa shape index (κ2) is 22.8. The number of carboxylic acids is 1. The minimum absolute atomic E-state index is 0.0883. The van der Waals surface area contributed by atoms with Crippen LogP contribution < -0.4 is 9.84 Å². The number of likely N-dealkylation sites (N-methyl/N-ethyl adjacent to an activating group) is 1. The van der Waals surface area contributed by atoms with E-state index in [0.717, 1.165) is 12.8 Å². The molecule has 270 valence electrons. The van der Waals surface area contributed by atoms with Crippen LogP contribution >= 0.6 is 0 Å². The number of carboxylic acid groups (broad SMARTS) is 1. The highest BCUT2D eigenvalue weighted by Gasteiger charge is 2.22. The molecular weight excluding hydrogens is 614 g/mol. The highest BCUT2D eigenvalue weighted by molar-refractivity contribution is 6.07. The monoisotopic (exact) mass is 673 g/mol. The fourth-order valence-corrected chi connectivity index (χ4v) is 4.55. The van der Waals surface area contributed by atoms with Gasteiger partial charge < -0.3 is 44.7 Å². The third-order valence-electron chi connectivity index (χ3n) is 7.38. The summed E-state index contributed by atoms with van der Waals surface area (Å²) in [4.78, 5) is 22.3. The molecule has 0 heterocycles. The number of benzene rings is 2. The number of carbonyl (C=O) groups is 2. The Bertz CT molecular complexity index is 1260. The molecule has 2 rings (SSSR count). The number of hydrogen-bond donors (Lipinski definition) is 5. The van der Waals surface area contributed by atoms with E-state index >= 15 is 0 Å². The highest BCUT2D eigenvalue weighted by Crippen LogP contribution is 2.37. The van der Waals surface area contributed by atoms with E-state index in [1.54, 1.807) is 30.4 Å². The zero-order chi connectivity index (χ0) is 36.9. The van der Waals surface area contributed by atoms with Crippen molar-refractivity contribution in [3.63, 3.8) is 0 Å². The van der Waals surface area contributed by atoms with E-state index in [1.807, 2.05) is 35.0 Å². The zero-order valence-electron chi connectivity index (χ0n) is 29.9. The number of ketones is 1. The molecular formula is C38H59NO9. The van der Waals surface area contributed by atoms with E-state index in [4.69, 9.17) is 20.1 Å². The van der Waals surface area contributed by atoms with Crippen molar-refractivity contribution < 1.29 is 49.4 Å². The van der Waals surface area contributed by atoms with Crippen molar-refractivity contribution in [3.05, 3.63) is 71.8 Å². The van der Waals surface area contributed by atoms with Crippen molar-refractivity contribution in [2.24, 2.45) is 0 Å². The third kappa shape index (κ3) is 19.2. The molecule has 0 radical (unpaired) electrons. The van der Waals surface area contributed by atoms with Crippen LogP contribution in [0.5, 0.6) is 17.2 Å². The summed E-state index contributed by atoms with van der Waals surface area (Å²) in [5.41, 5.74) is 1.41. The number of phenolic OH excluding ortho intramolecular Hbond substituents is 2. The first kappa shape index (κ1) is 44.3. The van der Waals surface area contributed by atoms with E-state index in [0.29, 0.717) is 33.5 Å². The summed E-state index contributed by atoms with van der Waals surface area (Å²) in [6, 6.07) is 9.37. The van der Waals surface area contributed by atoms with Crippen molar-refractivity contribution in [2.45, 2.75) is 89.8 Å². The number of hydrogen-bond acceptors (Lipinski definition) is 9. The van der Waals surface area contributed by atoms with Gasteiger partial charge in [-0.2, -0.15) is 0 Å². The van der Waals surface area contributed by atoms with Gasteiger partial charge in [0, 0.05) is 40.6 Å². The second-order valence-electron chi connectivity index (χ2n) is 13.4. The van der Waals surface area contributed by atoms with E-state index in [2.05, 4.69) is 13.5 Å². The van der Waals surface area contributed by atoms with Gasteiger partial charge in [-0.1, -0.05) is 65.4 Å². The number of quaternary nitrogens is 1. The lowest BCUT2D eigenvalue weighted by Gasteiger charge is -2.26. The molecule has 2 aromatic rings. The highest BCUT2D eigenvalue weighted by atomic mass is 16.5. The smallest absolute Gasteiger partial charge is 0.185 e. The lowest BCUT2D eigenvalue weighted by atomic mass is 9.83. The van der Waals surface area contributed by atoms with Gasteiger partial charge in [0.2, 0.25) is 0 Å². The van der Waals surface area contributed by atoms with Gasteiger partial charge in [0.25, 0.3) is 0 Å². The first-order valence-electron chi connectivity index (χ1n) is 16.4. The molecule has 2 aromatic carbocycles. The number of methoxy groups -OCH3 is 1. The number of ether oxygens (including phenoxy) is 1. The Labute approximate surface area is 287 Å². The Morgan fingerprint density at radius 1 is 0.979 bits per heavy atom. The van der Waals surface area contributed by atoms with Gasteiger partial charge in [0.1, 0.15) is 29.9 Å². The molecule has 0 aromatic heterocycles. The molecule has 0 aliphatic rings. The molecule has 0 bridgehead atoms. The number of phenols is 2. The van der Waals surface area contributed by atoms with Crippen molar-refractivity contribution in [3.8, 4) is 17.2 Å². The molecule has 0 aliphatic carbocycles. The Morgan fingerprint density at radius 3 is 2.06 bits per heavy atom. The molecule has 10 heteroatoms. The summed E-state index contributed by atoms with van der Waals surface area (Å²) in [6.07, 6.45) is 11.4. The summed E-state index contributed by atoms with van der Waals surface area (Å²) < 4.78 is 5.85. The zero-order valence-corrected chi connectivity index (χ0v) is 29.9. The van der Waals surface area contributed by atoms with E-state index < -0.39 is 23.6 Å². The Morgan fingerprint density at radius 2 is 1.56 bits per heavy atom. The maximum absolute atomic E-state index is 12.3. The number of aliphatic hydroxyl groups is 3. The molecule has 0 amide bonds. The van der Waals surface area contributed by atoms with Crippen LogP contribution in [0, 0.1) is 0 Å². The van der Waals surface area contributed by atoms with Gasteiger partial charge in [-0.3, -0.25) is 4.79 Å². The van der Waals surface area contributed by atoms with Crippen LogP contribution in [0.3, 0.4) is 0 Å². The number of rotatable bonds is 18. The SMILES string of the molecule is C=CC(C)(C)c1cc(/C=C/C(=O)c2ccc(O)cc2)c(OC)cc1O.CCCCCCCCC(O)CO.C[N+](C)(C)CC(O)CC(=O)[O-]. The van der Waals surface area contributed by atoms with E-state index in [1.165, 1.54) is 63.5 Å². The fourth-order valence-electron chi connectivity index (χ4n) is 4.55. The van der Waals surface area contributed by atoms with E-state index in [-0.39, 0.29) is 30.3 Å². The summed E-state index contributed by atoms with van der Waals surface area (Å²) in [6.45, 7) is 10.2. The van der Waals surface area contributed by atoms with Crippen LogP contribution in [0.25, 0.3) is 6.08 Å². The Balaban J connectivity index is 0.000000802. The van der Waals surface area contributed by atoms with Gasteiger partial charge in [-0.25, -0.2) is 0 Å². The molecule has 5 N–H and O–H groups in total. The first-order valence-corrected chi connectivity index (χ1v) is 16.4. The number of allylic oxidation sites excluding steroid dienone is 2. The van der Waals surface area contributed by atoms with Crippen LogP contribution in [-0.4, -0.2) is 95.4 Å². The quantitative estimate of drug-likeness (QED) is 0.0493. The van der Waals surface area contributed by atoms with Crippen molar-refractivity contribution >= 4 is 17.8 Å². The normalized spacial score (nSPS) is 12.6. The van der Waals surface area contributed by atoms with E-state index in [9.17, 15) is 24.9 Å². The second-order valence-corrected chi connectivity index (χ2v) is 13.4. The summed E-state index contributed by atoms with van der Waals surface area (Å²) >= 11 is 0. The van der Waals surface area contributed by atoms with Gasteiger partial charge in [-0.15, -0.1) is 6.58 Å². The maximum Gasteiger partial charge on any atom is 0.185 e. The van der Waals surface area contributed by atoms with Gasteiger partial charge in [0.15, 0.2) is 5.78 Å². The lowest BCUT2D eigenvalue weighted by molar-refractivity contribution is -0.873. The number of aliphatic hydroxyl groups excluding tert-OH is 3. The summed E-state index contributed by atoms with van der Waals surface area (Å²) in [7, 11) is 7.17. The van der Waals surface area contributed by atoms with Crippen LogP contribution in [-0.2, 0) is 10.2 Å². The Hall–Kier alpha value is -3.70. The number of carbonyl (C=O) groups excluding carboxylic acids is 2. The Kier molecular flexibility index (Phi) is 21.0. The predicted molar refractivity (Wildman–Crippen MR) is 189 cm³/mol. The molecule has 0 saturated heterocycles. The van der Waals surface area contributed by atoms with Crippen molar-refractivity contribution in [1.82, 2.24) is 0 Å². The molecule has 2 unspecified atom stereocenters. The molecule has 0 fully saturated rings. The molecule has 2 atom stereocenters. The number of nitrogens with zero attached hydrogens (tertiary/aromatic N) is 1. The average molecular weight is 674 g/mol. The number of aliphatic carboxylic acids is 1. The first-order chi connectivity index (χ1) is 22.4. The summed E-state index contributed by atoms with van der Waals surface area (Å²) in [5.74, 6) is -0.706. The van der Waals surface area contributed by atoms with Gasteiger partial charge in [-0.05, 0) is 48.9 Å². The van der Waals surface area contributed by atoms with Crippen molar-refractivity contribution in [2.75, 3.05) is 41.4 Å². The molecule has 10 nitrogen and oxygen atoms in total. The molecule has 48 heavy (non-hydrogen) atoms. The number of aromatic hydroxyl groups is 2. The van der Waals surface area contributed by atoms with Gasteiger partial charge in [0.05, 0.1) is 41.0 Å². The topological polar surface area (TPSA) is 168 Å². The minimum atomic E-state index is -1.20. The molecule has 0 saturated carbocycles. The third-order valence-corrected chi connectivity index (χ3v) is 7.38. The fraction of sp³-hybridized carbons (Fsp3) is 0.526. The number of unbranched alkanes of at least 4 members (excludes halogenated alkanes) is 5. The lowest BCUT2D eigenvalue weighted by Crippen LogP contribution is -2.43. The van der Waals surface area contributed by atoms with Gasteiger partial charge >= 0.3 is 0 Å². The van der Waals surface area contributed by atoms with Crippen LogP contribution in [0.2, 0.25) is 0 Å². The largest absolute Gasteiger partial charge is 0.550 e. The summed E-state index contributed by atoms with van der Waals surface area (Å²) in [5, 5.41) is 56.2. The van der Waals surface area contributed by atoms with Crippen LogP contribution in [0.4, 0.5) is 0 Å². The average Bonchev–Trinajstić information content (AvgIpc) is 3.01. The predicted octanol–water partition coefficient (Wildman–Crippen LogP) is 4.75. The van der Waals surface area contributed by atoms with Crippen molar-refractivity contribution in [1.29, 1.82) is 0 Å². The molecule has 0 spiro atoms. The van der Waals surface area contributed by atoms with Crippen LogP contribution in [0.15, 0.2) is 55.1 Å². The standard InChI is InChI=1S/C21H22O4.C10H22O2.C7H15NO3/c1-5-21(2,3)17-12-15(20(25-4)13-19(17)24)8-11-18(23)14-6-9-16(22)10-7-14;1-2-3-4-5-6-7-8-10(12)9-11;1-8(2,3)5-6(9)4-7(10)11/h5-13,22,24H,1H2,2-4H3;10-12H,2-9H2,1H3;6,9H,4-5H2,1-3H3/b11-8+;;.